The minimum Gasteiger partial charge on any atom is -0.384 e. The number of benzene rings is 1. The molecule has 1 fully saturated rings. The van der Waals surface area contributed by atoms with Crippen molar-refractivity contribution in [2.45, 2.75) is 32.1 Å². The van der Waals surface area contributed by atoms with Crippen molar-refractivity contribution >= 4 is 21.8 Å². The van der Waals surface area contributed by atoms with Gasteiger partial charge in [-0.25, -0.2) is 0 Å². The number of amides is 1. The van der Waals surface area contributed by atoms with E-state index in [0.717, 1.165) is 36.0 Å². The van der Waals surface area contributed by atoms with Crippen molar-refractivity contribution in [2.75, 3.05) is 33.4 Å². The first kappa shape index (κ1) is 18.4. The molecule has 0 unspecified atom stereocenters. The van der Waals surface area contributed by atoms with Crippen LogP contribution in [0.2, 0.25) is 0 Å². The molecule has 1 aliphatic heterocycles. The monoisotopic (exact) mass is 382 g/mol. The predicted octanol–water partition coefficient (Wildman–Crippen LogP) is 2.86. The predicted molar refractivity (Wildman–Crippen MR) is 96.6 cm³/mol. The zero-order valence-electron chi connectivity index (χ0n) is 14.2. The van der Waals surface area contributed by atoms with E-state index in [4.69, 9.17) is 4.74 Å². The molecule has 4 nitrogen and oxygen atoms in total. The highest BCUT2D eigenvalue weighted by Gasteiger charge is 2.35. The van der Waals surface area contributed by atoms with Gasteiger partial charge >= 0.3 is 0 Å². The Morgan fingerprint density at radius 1 is 1.30 bits per heavy atom. The maximum Gasteiger partial charge on any atom is 0.230 e. The second-order valence-electron chi connectivity index (χ2n) is 7.00. The minimum atomic E-state index is -0.554. The molecule has 0 bridgehead atoms. The minimum absolute atomic E-state index is 0.0471. The van der Waals surface area contributed by atoms with Crippen LogP contribution in [0.3, 0.4) is 0 Å². The molecule has 23 heavy (non-hydrogen) atoms. The number of methoxy groups -OCH3 is 1. The maximum atomic E-state index is 12.8. The SMILES string of the molecule is COCC1(CNC(=O)C(C)(C)c2ccc(Br)cc2)CCNCC1. The Kier molecular flexibility index (Phi) is 6.23. The van der Waals surface area contributed by atoms with Crippen LogP contribution < -0.4 is 10.6 Å². The highest BCUT2D eigenvalue weighted by atomic mass is 79.9. The summed E-state index contributed by atoms with van der Waals surface area (Å²) in [6.07, 6.45) is 2.06. The Hall–Kier alpha value is -0.910. The molecule has 1 heterocycles. The molecule has 0 atom stereocenters. The number of hydrogen-bond acceptors (Lipinski definition) is 3. The molecule has 0 aliphatic carbocycles. The normalized spacial score (nSPS) is 17.7. The summed E-state index contributed by atoms with van der Waals surface area (Å²) in [6.45, 7) is 7.26. The fraction of sp³-hybridized carbons (Fsp3) is 0.611. The number of rotatable bonds is 6. The molecule has 0 saturated carbocycles. The Morgan fingerprint density at radius 2 is 1.91 bits per heavy atom. The van der Waals surface area contributed by atoms with Gasteiger partial charge in [-0.2, -0.15) is 0 Å². The molecule has 0 radical (unpaired) electrons. The van der Waals surface area contributed by atoms with Crippen molar-refractivity contribution in [3.8, 4) is 0 Å². The van der Waals surface area contributed by atoms with E-state index in [1.807, 2.05) is 38.1 Å². The summed E-state index contributed by atoms with van der Waals surface area (Å²) in [5, 5.41) is 6.55. The van der Waals surface area contributed by atoms with Gasteiger partial charge in [-0.3, -0.25) is 4.79 Å². The van der Waals surface area contributed by atoms with Crippen LogP contribution in [0.25, 0.3) is 0 Å². The lowest BCUT2D eigenvalue weighted by atomic mass is 9.78. The average Bonchev–Trinajstić information content (AvgIpc) is 2.54. The number of ether oxygens (including phenoxy) is 1. The van der Waals surface area contributed by atoms with Crippen LogP contribution in [0.15, 0.2) is 28.7 Å². The first-order valence-electron chi connectivity index (χ1n) is 8.14. The number of halogens is 1. The Morgan fingerprint density at radius 3 is 2.48 bits per heavy atom. The van der Waals surface area contributed by atoms with E-state index >= 15 is 0 Å². The molecule has 1 amide bonds. The molecule has 2 N–H and O–H groups in total. The van der Waals surface area contributed by atoms with Gasteiger partial charge < -0.3 is 15.4 Å². The van der Waals surface area contributed by atoms with Crippen LogP contribution in [0.1, 0.15) is 32.3 Å². The lowest BCUT2D eigenvalue weighted by Crippen LogP contribution is -2.50. The Bertz CT molecular complexity index is 517. The van der Waals surface area contributed by atoms with Crippen molar-refractivity contribution < 1.29 is 9.53 Å². The summed E-state index contributed by atoms with van der Waals surface area (Å²) in [5.74, 6) is 0.0637. The molecule has 1 aromatic carbocycles. The Labute approximate surface area is 147 Å². The molecule has 0 spiro atoms. The summed E-state index contributed by atoms with van der Waals surface area (Å²) in [7, 11) is 1.73. The van der Waals surface area contributed by atoms with E-state index in [1.54, 1.807) is 7.11 Å². The van der Waals surface area contributed by atoms with Crippen LogP contribution in [0.4, 0.5) is 0 Å². The van der Waals surface area contributed by atoms with Crippen LogP contribution in [-0.2, 0) is 14.9 Å². The topological polar surface area (TPSA) is 50.4 Å². The molecule has 128 valence electrons. The largest absolute Gasteiger partial charge is 0.384 e. The smallest absolute Gasteiger partial charge is 0.230 e. The van der Waals surface area contributed by atoms with Crippen molar-refractivity contribution in [3.63, 3.8) is 0 Å². The van der Waals surface area contributed by atoms with Gasteiger partial charge in [0.25, 0.3) is 0 Å². The number of piperidine rings is 1. The van der Waals surface area contributed by atoms with E-state index in [1.165, 1.54) is 0 Å². The third-order valence-electron chi connectivity index (χ3n) is 4.87. The second kappa shape index (κ2) is 7.77. The summed E-state index contributed by atoms with van der Waals surface area (Å²) in [6, 6.07) is 7.95. The molecule has 1 aliphatic rings. The summed E-state index contributed by atoms with van der Waals surface area (Å²) < 4.78 is 6.44. The maximum absolute atomic E-state index is 12.8. The van der Waals surface area contributed by atoms with Gasteiger partial charge in [0, 0.05) is 23.5 Å². The standard InChI is InChI=1S/C18H27BrN2O2/c1-17(2,14-4-6-15(19)7-5-14)16(22)21-12-18(13-23-3)8-10-20-11-9-18/h4-7,20H,8-13H2,1-3H3,(H,21,22). The fourth-order valence-corrected chi connectivity index (χ4v) is 3.39. The molecule has 1 saturated heterocycles. The fourth-order valence-electron chi connectivity index (χ4n) is 3.12. The molecule has 2 rings (SSSR count). The van der Waals surface area contributed by atoms with E-state index in [-0.39, 0.29) is 11.3 Å². The third-order valence-corrected chi connectivity index (χ3v) is 5.40. The van der Waals surface area contributed by atoms with Gasteiger partial charge in [-0.15, -0.1) is 0 Å². The van der Waals surface area contributed by atoms with Crippen molar-refractivity contribution in [1.29, 1.82) is 0 Å². The number of nitrogens with one attached hydrogen (secondary N) is 2. The highest BCUT2D eigenvalue weighted by molar-refractivity contribution is 9.10. The zero-order chi connectivity index (χ0) is 16.9. The van der Waals surface area contributed by atoms with Gasteiger partial charge in [0.15, 0.2) is 0 Å². The van der Waals surface area contributed by atoms with Gasteiger partial charge in [-0.1, -0.05) is 28.1 Å². The quantitative estimate of drug-likeness (QED) is 0.794. The number of hydrogen-bond donors (Lipinski definition) is 2. The highest BCUT2D eigenvalue weighted by Crippen LogP contribution is 2.30. The Balaban J connectivity index is 2.03. The van der Waals surface area contributed by atoms with Crippen LogP contribution in [0, 0.1) is 5.41 Å². The van der Waals surface area contributed by atoms with Gasteiger partial charge in [-0.05, 0) is 57.5 Å². The zero-order valence-corrected chi connectivity index (χ0v) is 15.8. The lowest BCUT2D eigenvalue weighted by molar-refractivity contribution is -0.126. The lowest BCUT2D eigenvalue weighted by Gasteiger charge is -2.38. The summed E-state index contributed by atoms with van der Waals surface area (Å²) >= 11 is 3.44. The molecule has 1 aromatic rings. The first-order valence-corrected chi connectivity index (χ1v) is 8.93. The van der Waals surface area contributed by atoms with Gasteiger partial charge in [0.05, 0.1) is 12.0 Å². The average molecular weight is 383 g/mol. The first-order chi connectivity index (χ1) is 10.9. The van der Waals surface area contributed by atoms with Gasteiger partial charge in [0.2, 0.25) is 5.91 Å². The van der Waals surface area contributed by atoms with E-state index in [9.17, 15) is 4.79 Å². The summed E-state index contributed by atoms with van der Waals surface area (Å²) in [4.78, 5) is 12.8. The van der Waals surface area contributed by atoms with Crippen LogP contribution in [-0.4, -0.2) is 39.3 Å². The van der Waals surface area contributed by atoms with Crippen molar-refractivity contribution in [2.24, 2.45) is 5.41 Å². The molecule has 0 aromatic heterocycles. The van der Waals surface area contributed by atoms with E-state index < -0.39 is 5.41 Å². The number of carbonyl (C=O) groups is 1. The van der Waals surface area contributed by atoms with Gasteiger partial charge in [0.1, 0.15) is 0 Å². The van der Waals surface area contributed by atoms with E-state index in [2.05, 4.69) is 26.6 Å². The molecular formula is C18H27BrN2O2. The third kappa shape index (κ3) is 4.55. The number of carbonyl (C=O) groups excluding carboxylic acids is 1. The van der Waals surface area contributed by atoms with Crippen molar-refractivity contribution in [1.82, 2.24) is 10.6 Å². The van der Waals surface area contributed by atoms with Crippen molar-refractivity contribution in [3.05, 3.63) is 34.3 Å². The summed E-state index contributed by atoms with van der Waals surface area (Å²) in [5.41, 5.74) is 0.511. The molecule has 5 heteroatoms. The van der Waals surface area contributed by atoms with Crippen LogP contribution in [0.5, 0.6) is 0 Å². The second-order valence-corrected chi connectivity index (χ2v) is 7.91. The molecular weight excluding hydrogens is 356 g/mol. The van der Waals surface area contributed by atoms with E-state index in [0.29, 0.717) is 13.2 Å². The van der Waals surface area contributed by atoms with Crippen LogP contribution >= 0.6 is 15.9 Å².